The molecule has 0 bridgehead atoms. The quantitative estimate of drug-likeness (QED) is 0.469. The Morgan fingerprint density at radius 1 is 1.37 bits per heavy atom. The van der Waals surface area contributed by atoms with Gasteiger partial charge in [-0.15, -0.1) is 0 Å². The number of hydrazone groups is 1. The third-order valence-electron chi connectivity index (χ3n) is 2.02. The number of aromatic nitrogens is 2. The molecule has 5 N–H and O–H groups in total. The average Bonchev–Trinajstić information content (AvgIpc) is 2.78. The van der Waals surface area contributed by atoms with E-state index in [1.165, 1.54) is 18.3 Å². The van der Waals surface area contributed by atoms with Gasteiger partial charge < -0.3 is 10.8 Å². The number of phenolic OH excluding ortho intramolecular Hbond substituents is 1. The standard InChI is InChI=1S/C10H10N6O3/c11-8-9(16-19-15-8)13-10(18)14-12-5-6-1-3-7(17)4-2-6/h1-5,17H,(H2,11,15)(H2,13,14,16,18)/b12-5+. The van der Waals surface area contributed by atoms with Crippen LogP contribution in [0.5, 0.6) is 5.75 Å². The Kier molecular flexibility index (Phi) is 3.57. The predicted octanol–water partition coefficient (Wildman–Crippen LogP) is 0.513. The maximum Gasteiger partial charge on any atom is 0.340 e. The van der Waals surface area contributed by atoms with Gasteiger partial charge in [0.1, 0.15) is 5.75 Å². The van der Waals surface area contributed by atoms with Gasteiger partial charge in [0.25, 0.3) is 0 Å². The van der Waals surface area contributed by atoms with Crippen molar-refractivity contribution in [3.05, 3.63) is 29.8 Å². The normalized spacial score (nSPS) is 10.5. The first-order valence-electron chi connectivity index (χ1n) is 5.12. The van der Waals surface area contributed by atoms with E-state index in [9.17, 15) is 4.79 Å². The van der Waals surface area contributed by atoms with Gasteiger partial charge >= 0.3 is 6.03 Å². The summed E-state index contributed by atoms with van der Waals surface area (Å²) in [7, 11) is 0. The summed E-state index contributed by atoms with van der Waals surface area (Å²) < 4.78 is 4.30. The maximum atomic E-state index is 11.4. The minimum Gasteiger partial charge on any atom is -0.508 e. The highest BCUT2D eigenvalue weighted by atomic mass is 16.6. The molecule has 0 saturated carbocycles. The molecule has 98 valence electrons. The fourth-order valence-electron chi connectivity index (χ4n) is 1.14. The van der Waals surface area contributed by atoms with Crippen LogP contribution in [0, 0.1) is 0 Å². The van der Waals surface area contributed by atoms with Gasteiger partial charge in [-0.1, -0.05) is 0 Å². The molecule has 0 saturated heterocycles. The van der Waals surface area contributed by atoms with Crippen LogP contribution in [0.4, 0.5) is 16.4 Å². The number of anilines is 2. The van der Waals surface area contributed by atoms with Crippen molar-refractivity contribution in [1.82, 2.24) is 15.7 Å². The van der Waals surface area contributed by atoms with E-state index < -0.39 is 6.03 Å². The number of carbonyl (C=O) groups excluding carboxylic acids is 1. The zero-order chi connectivity index (χ0) is 13.7. The Morgan fingerprint density at radius 2 is 2.11 bits per heavy atom. The van der Waals surface area contributed by atoms with Crippen LogP contribution in [-0.4, -0.2) is 27.7 Å². The number of rotatable bonds is 3. The summed E-state index contributed by atoms with van der Waals surface area (Å²) in [5, 5.41) is 21.7. The lowest BCUT2D eigenvalue weighted by Gasteiger charge is -1.99. The molecule has 1 aromatic carbocycles. The van der Waals surface area contributed by atoms with Gasteiger partial charge in [0.2, 0.25) is 11.6 Å². The van der Waals surface area contributed by atoms with E-state index in [0.717, 1.165) is 0 Å². The highest BCUT2D eigenvalue weighted by Gasteiger charge is 2.08. The van der Waals surface area contributed by atoms with E-state index in [0.29, 0.717) is 5.56 Å². The second-order valence-corrected chi connectivity index (χ2v) is 3.41. The molecule has 2 rings (SSSR count). The van der Waals surface area contributed by atoms with Crippen molar-refractivity contribution in [2.24, 2.45) is 5.10 Å². The molecular weight excluding hydrogens is 252 g/mol. The Hall–Kier alpha value is -3.10. The van der Waals surface area contributed by atoms with E-state index in [-0.39, 0.29) is 17.4 Å². The van der Waals surface area contributed by atoms with Crippen molar-refractivity contribution < 1.29 is 14.5 Å². The Labute approximate surface area is 107 Å². The number of amides is 2. The van der Waals surface area contributed by atoms with E-state index >= 15 is 0 Å². The van der Waals surface area contributed by atoms with Crippen LogP contribution in [-0.2, 0) is 0 Å². The number of nitrogens with two attached hydrogens (primary N) is 1. The summed E-state index contributed by atoms with van der Waals surface area (Å²) in [6.07, 6.45) is 1.41. The summed E-state index contributed by atoms with van der Waals surface area (Å²) in [5.41, 5.74) is 8.26. The highest BCUT2D eigenvalue weighted by Crippen LogP contribution is 2.10. The summed E-state index contributed by atoms with van der Waals surface area (Å²) in [4.78, 5) is 11.4. The van der Waals surface area contributed by atoms with Crippen molar-refractivity contribution in [2.45, 2.75) is 0 Å². The minimum absolute atomic E-state index is 0.0114. The van der Waals surface area contributed by atoms with Crippen molar-refractivity contribution in [3.8, 4) is 5.75 Å². The number of phenols is 1. The number of benzene rings is 1. The molecule has 1 heterocycles. The largest absolute Gasteiger partial charge is 0.508 e. The van der Waals surface area contributed by atoms with Gasteiger partial charge in [0.05, 0.1) is 6.21 Å². The number of nitrogens with one attached hydrogen (secondary N) is 2. The Morgan fingerprint density at radius 3 is 2.74 bits per heavy atom. The number of urea groups is 1. The summed E-state index contributed by atoms with van der Waals surface area (Å²) in [6.45, 7) is 0. The molecule has 0 unspecified atom stereocenters. The highest BCUT2D eigenvalue weighted by molar-refractivity contribution is 5.91. The van der Waals surface area contributed by atoms with Gasteiger partial charge in [-0.3, -0.25) is 5.32 Å². The fourth-order valence-corrected chi connectivity index (χ4v) is 1.14. The molecule has 0 aliphatic carbocycles. The topological polar surface area (TPSA) is 139 Å². The van der Waals surface area contributed by atoms with Crippen LogP contribution in [0.2, 0.25) is 0 Å². The predicted molar refractivity (Wildman–Crippen MR) is 66.6 cm³/mol. The van der Waals surface area contributed by atoms with Gasteiger partial charge in [0, 0.05) is 0 Å². The first-order chi connectivity index (χ1) is 9.15. The van der Waals surface area contributed by atoms with E-state index in [1.54, 1.807) is 12.1 Å². The van der Waals surface area contributed by atoms with Crippen LogP contribution >= 0.6 is 0 Å². The molecule has 0 aliphatic rings. The molecule has 2 aromatic rings. The molecule has 0 atom stereocenters. The second kappa shape index (κ2) is 5.49. The van der Waals surface area contributed by atoms with Crippen molar-refractivity contribution in [1.29, 1.82) is 0 Å². The minimum atomic E-state index is -0.641. The zero-order valence-corrected chi connectivity index (χ0v) is 9.57. The van der Waals surface area contributed by atoms with Crippen LogP contribution in [0.15, 0.2) is 34.0 Å². The molecule has 19 heavy (non-hydrogen) atoms. The average molecular weight is 262 g/mol. The molecule has 9 heteroatoms. The number of hydrogen-bond acceptors (Lipinski definition) is 7. The first-order valence-corrected chi connectivity index (χ1v) is 5.12. The van der Waals surface area contributed by atoms with E-state index in [2.05, 4.69) is 30.8 Å². The number of nitrogens with zero attached hydrogens (tertiary/aromatic N) is 3. The van der Waals surface area contributed by atoms with E-state index in [1.807, 2.05) is 0 Å². The van der Waals surface area contributed by atoms with Crippen molar-refractivity contribution >= 4 is 23.9 Å². The molecule has 0 radical (unpaired) electrons. The number of nitrogen functional groups attached to an aromatic ring is 1. The van der Waals surface area contributed by atoms with Crippen LogP contribution in [0.25, 0.3) is 0 Å². The van der Waals surface area contributed by atoms with Gasteiger partial charge in [-0.05, 0) is 40.1 Å². The smallest absolute Gasteiger partial charge is 0.340 e. The summed E-state index contributed by atoms with van der Waals surface area (Å²) in [6, 6.07) is 5.64. The van der Waals surface area contributed by atoms with Gasteiger partial charge in [-0.2, -0.15) is 5.10 Å². The van der Waals surface area contributed by atoms with Crippen LogP contribution in [0.3, 0.4) is 0 Å². The Balaban J connectivity index is 1.86. The van der Waals surface area contributed by atoms with Gasteiger partial charge in [-0.25, -0.2) is 14.8 Å². The first kappa shape index (κ1) is 12.4. The molecular formula is C10H10N6O3. The van der Waals surface area contributed by atoms with E-state index in [4.69, 9.17) is 10.8 Å². The fraction of sp³-hybridized carbons (Fsp3) is 0. The maximum absolute atomic E-state index is 11.4. The monoisotopic (exact) mass is 262 g/mol. The molecule has 2 amide bonds. The van der Waals surface area contributed by atoms with Crippen molar-refractivity contribution in [3.63, 3.8) is 0 Å². The zero-order valence-electron chi connectivity index (χ0n) is 9.57. The third kappa shape index (κ3) is 3.43. The SMILES string of the molecule is Nc1nonc1NC(=O)N/N=C/c1ccc(O)cc1. The lowest BCUT2D eigenvalue weighted by Crippen LogP contribution is -2.24. The summed E-state index contributed by atoms with van der Waals surface area (Å²) in [5.74, 6) is 0.131. The van der Waals surface area contributed by atoms with Crippen LogP contribution in [0.1, 0.15) is 5.56 Å². The number of aromatic hydroxyl groups is 1. The molecule has 9 nitrogen and oxygen atoms in total. The summed E-state index contributed by atoms with van der Waals surface area (Å²) >= 11 is 0. The Bertz CT molecular complexity index is 592. The second-order valence-electron chi connectivity index (χ2n) is 3.41. The molecule has 0 aliphatic heterocycles. The number of hydrogen-bond donors (Lipinski definition) is 4. The molecule has 0 spiro atoms. The lowest BCUT2D eigenvalue weighted by molar-refractivity contribution is 0.252. The third-order valence-corrected chi connectivity index (χ3v) is 2.02. The number of carbonyl (C=O) groups is 1. The van der Waals surface area contributed by atoms with Crippen molar-refractivity contribution in [2.75, 3.05) is 11.1 Å². The van der Waals surface area contributed by atoms with Gasteiger partial charge in [0.15, 0.2) is 0 Å². The molecule has 0 fully saturated rings. The van der Waals surface area contributed by atoms with Crippen LogP contribution < -0.4 is 16.5 Å². The molecule has 1 aromatic heterocycles. The lowest BCUT2D eigenvalue weighted by atomic mass is 10.2.